The van der Waals surface area contributed by atoms with Crippen LogP contribution in [0.1, 0.15) is 38.5 Å². The number of methoxy groups -OCH3 is 2. The topological polar surface area (TPSA) is 77.7 Å². The predicted octanol–water partition coefficient (Wildman–Crippen LogP) is 4.03. The summed E-state index contributed by atoms with van der Waals surface area (Å²) < 4.78 is 16.4. The highest BCUT2D eigenvalue weighted by Gasteiger charge is 2.35. The number of hydrogen-bond donors (Lipinski definition) is 0. The van der Waals surface area contributed by atoms with E-state index in [1.165, 1.54) is 37.4 Å². The van der Waals surface area contributed by atoms with Crippen LogP contribution >= 0.6 is 11.8 Å². The van der Waals surface area contributed by atoms with Crippen LogP contribution in [0, 0.1) is 5.92 Å². The Morgan fingerprint density at radius 3 is 2.83 bits per heavy atom. The van der Waals surface area contributed by atoms with Gasteiger partial charge in [0, 0.05) is 18.7 Å². The SMILES string of the molecule is COc1ccc(-c2nnc(SCC(=O)N3CCC[C@@H]4CCCC[C@@H]43)o2)c(OC)c1. The van der Waals surface area contributed by atoms with E-state index in [-0.39, 0.29) is 5.91 Å². The van der Waals surface area contributed by atoms with E-state index in [4.69, 9.17) is 13.9 Å². The molecule has 1 aliphatic carbocycles. The first-order chi connectivity index (χ1) is 14.2. The van der Waals surface area contributed by atoms with Crippen LogP contribution in [0.4, 0.5) is 0 Å². The van der Waals surface area contributed by atoms with Crippen molar-refractivity contribution in [2.75, 3.05) is 26.5 Å². The summed E-state index contributed by atoms with van der Waals surface area (Å²) in [5.74, 6) is 2.83. The Labute approximate surface area is 175 Å². The molecule has 2 aliphatic rings. The van der Waals surface area contributed by atoms with Gasteiger partial charge in [-0.05, 0) is 43.7 Å². The molecule has 156 valence electrons. The maximum absolute atomic E-state index is 12.9. The molecule has 2 fully saturated rings. The van der Waals surface area contributed by atoms with Crippen LogP contribution in [0.15, 0.2) is 27.8 Å². The Morgan fingerprint density at radius 1 is 1.17 bits per heavy atom. The maximum Gasteiger partial charge on any atom is 0.277 e. The number of piperidine rings is 1. The number of benzene rings is 1. The molecule has 29 heavy (non-hydrogen) atoms. The fourth-order valence-electron chi connectivity index (χ4n) is 4.49. The van der Waals surface area contributed by atoms with Gasteiger partial charge in [-0.1, -0.05) is 24.6 Å². The minimum absolute atomic E-state index is 0.174. The summed E-state index contributed by atoms with van der Waals surface area (Å²) in [6.45, 7) is 0.874. The second kappa shape index (κ2) is 9.07. The summed E-state index contributed by atoms with van der Waals surface area (Å²) in [5, 5.41) is 8.61. The molecule has 4 rings (SSSR count). The van der Waals surface area contributed by atoms with Crippen LogP contribution in [0.5, 0.6) is 11.5 Å². The van der Waals surface area contributed by atoms with Crippen molar-refractivity contribution in [3.05, 3.63) is 18.2 Å². The van der Waals surface area contributed by atoms with E-state index in [0.29, 0.717) is 45.9 Å². The van der Waals surface area contributed by atoms with Gasteiger partial charge in [-0.15, -0.1) is 10.2 Å². The third-order valence-electron chi connectivity index (χ3n) is 5.93. The number of nitrogens with zero attached hydrogens (tertiary/aromatic N) is 3. The lowest BCUT2D eigenvalue weighted by atomic mass is 9.78. The predicted molar refractivity (Wildman–Crippen MR) is 110 cm³/mol. The zero-order chi connectivity index (χ0) is 20.2. The maximum atomic E-state index is 12.9. The van der Waals surface area contributed by atoms with Gasteiger partial charge in [-0.2, -0.15) is 0 Å². The summed E-state index contributed by atoms with van der Waals surface area (Å²) in [6, 6.07) is 5.83. The molecule has 8 heteroatoms. The van der Waals surface area contributed by atoms with Crippen molar-refractivity contribution in [3.63, 3.8) is 0 Å². The monoisotopic (exact) mass is 417 g/mol. The molecule has 0 spiro atoms. The number of aromatic nitrogens is 2. The van der Waals surface area contributed by atoms with E-state index in [2.05, 4.69) is 15.1 Å². The Hall–Kier alpha value is -2.22. The number of likely N-dealkylation sites (tertiary alicyclic amines) is 1. The molecule has 1 aromatic heterocycles. The zero-order valence-corrected chi connectivity index (χ0v) is 17.7. The average Bonchev–Trinajstić information content (AvgIpc) is 3.25. The molecule has 2 aromatic rings. The lowest BCUT2D eigenvalue weighted by molar-refractivity contribution is -0.134. The van der Waals surface area contributed by atoms with E-state index < -0.39 is 0 Å². The number of amides is 1. The first kappa shape index (κ1) is 20.1. The van der Waals surface area contributed by atoms with Gasteiger partial charge in [0.2, 0.25) is 5.91 Å². The second-order valence-corrected chi connectivity index (χ2v) is 8.50. The summed E-state index contributed by atoms with van der Waals surface area (Å²) in [5.41, 5.74) is 0.694. The third-order valence-corrected chi connectivity index (χ3v) is 6.73. The van der Waals surface area contributed by atoms with Gasteiger partial charge in [0.1, 0.15) is 11.5 Å². The molecule has 0 bridgehead atoms. The number of ether oxygens (including phenoxy) is 2. The average molecular weight is 418 g/mol. The van der Waals surface area contributed by atoms with Crippen molar-refractivity contribution in [1.29, 1.82) is 0 Å². The molecular formula is C21H27N3O4S. The van der Waals surface area contributed by atoms with Gasteiger partial charge in [0.15, 0.2) is 0 Å². The lowest BCUT2D eigenvalue weighted by Crippen LogP contribution is -2.50. The summed E-state index contributed by atoms with van der Waals surface area (Å²) in [6.07, 6.45) is 7.31. The van der Waals surface area contributed by atoms with Gasteiger partial charge in [-0.3, -0.25) is 4.79 Å². The fourth-order valence-corrected chi connectivity index (χ4v) is 5.14. The quantitative estimate of drug-likeness (QED) is 0.657. The van der Waals surface area contributed by atoms with Crippen molar-refractivity contribution in [2.45, 2.75) is 49.8 Å². The van der Waals surface area contributed by atoms with Gasteiger partial charge < -0.3 is 18.8 Å². The molecule has 2 atom stereocenters. The Bertz CT molecular complexity index is 854. The minimum atomic E-state index is 0.174. The number of fused-ring (bicyclic) bond motifs is 1. The molecule has 1 aliphatic heterocycles. The van der Waals surface area contributed by atoms with E-state index in [1.54, 1.807) is 20.3 Å². The van der Waals surface area contributed by atoms with Crippen molar-refractivity contribution < 1.29 is 18.7 Å². The highest BCUT2D eigenvalue weighted by atomic mass is 32.2. The van der Waals surface area contributed by atoms with Crippen molar-refractivity contribution >= 4 is 17.7 Å². The number of thioether (sulfide) groups is 1. The molecule has 0 unspecified atom stereocenters. The normalized spacial score (nSPS) is 21.5. The molecule has 7 nitrogen and oxygen atoms in total. The van der Waals surface area contributed by atoms with Crippen LogP contribution in [0.25, 0.3) is 11.5 Å². The Kier molecular flexibility index (Phi) is 6.28. The summed E-state index contributed by atoms with van der Waals surface area (Å²) in [7, 11) is 3.19. The summed E-state index contributed by atoms with van der Waals surface area (Å²) in [4.78, 5) is 15.0. The first-order valence-electron chi connectivity index (χ1n) is 10.2. The highest BCUT2D eigenvalue weighted by molar-refractivity contribution is 7.99. The first-order valence-corrected chi connectivity index (χ1v) is 11.2. The minimum Gasteiger partial charge on any atom is -0.497 e. The molecular weight excluding hydrogens is 390 g/mol. The van der Waals surface area contributed by atoms with Gasteiger partial charge in [0.05, 0.1) is 25.5 Å². The largest absolute Gasteiger partial charge is 0.497 e. The van der Waals surface area contributed by atoms with E-state index in [1.807, 2.05) is 12.1 Å². The molecule has 0 radical (unpaired) electrons. The van der Waals surface area contributed by atoms with Crippen molar-refractivity contribution in [2.24, 2.45) is 5.92 Å². The standard InChI is InChI=1S/C21H27N3O4S/c1-26-15-9-10-16(18(12-15)27-2)20-22-23-21(28-20)29-13-19(25)24-11-5-7-14-6-3-4-8-17(14)24/h9-10,12,14,17H,3-8,11,13H2,1-2H3/t14-,17-/m0/s1. The zero-order valence-electron chi connectivity index (χ0n) is 16.9. The van der Waals surface area contributed by atoms with Crippen molar-refractivity contribution in [1.82, 2.24) is 15.1 Å². The third kappa shape index (κ3) is 4.37. The Balaban J connectivity index is 1.40. The fraction of sp³-hybridized carbons (Fsp3) is 0.571. The number of carbonyl (C=O) groups excluding carboxylic acids is 1. The van der Waals surface area contributed by atoms with E-state index >= 15 is 0 Å². The van der Waals surface area contributed by atoms with E-state index in [0.717, 1.165) is 19.4 Å². The summed E-state index contributed by atoms with van der Waals surface area (Å²) >= 11 is 1.30. The van der Waals surface area contributed by atoms with Crippen LogP contribution < -0.4 is 9.47 Å². The second-order valence-electron chi connectivity index (χ2n) is 7.57. The van der Waals surface area contributed by atoms with Gasteiger partial charge in [0.25, 0.3) is 11.1 Å². The number of rotatable bonds is 6. The number of carbonyl (C=O) groups is 1. The van der Waals surface area contributed by atoms with Crippen LogP contribution in [0.3, 0.4) is 0 Å². The van der Waals surface area contributed by atoms with E-state index in [9.17, 15) is 4.79 Å². The van der Waals surface area contributed by atoms with Gasteiger partial charge in [-0.25, -0.2) is 0 Å². The molecule has 1 saturated carbocycles. The number of hydrogen-bond acceptors (Lipinski definition) is 7. The lowest BCUT2D eigenvalue weighted by Gasteiger charge is -2.44. The molecule has 2 heterocycles. The Morgan fingerprint density at radius 2 is 2.00 bits per heavy atom. The van der Waals surface area contributed by atoms with Crippen LogP contribution in [0.2, 0.25) is 0 Å². The molecule has 1 amide bonds. The molecule has 1 aromatic carbocycles. The van der Waals surface area contributed by atoms with Gasteiger partial charge >= 0.3 is 0 Å². The highest BCUT2D eigenvalue weighted by Crippen LogP contribution is 2.36. The van der Waals surface area contributed by atoms with Crippen LogP contribution in [-0.2, 0) is 4.79 Å². The van der Waals surface area contributed by atoms with Crippen LogP contribution in [-0.4, -0.2) is 53.6 Å². The molecule has 1 saturated heterocycles. The molecule has 0 N–H and O–H groups in total. The smallest absolute Gasteiger partial charge is 0.277 e. The van der Waals surface area contributed by atoms with Crippen molar-refractivity contribution in [3.8, 4) is 23.0 Å².